The van der Waals surface area contributed by atoms with Crippen LogP contribution in [0.5, 0.6) is 0 Å². The number of hydrogen-bond donors (Lipinski definition) is 1. The van der Waals surface area contributed by atoms with Crippen LogP contribution in [0.25, 0.3) is 5.69 Å². The van der Waals surface area contributed by atoms with Gasteiger partial charge in [0.2, 0.25) is 11.1 Å². The quantitative estimate of drug-likeness (QED) is 0.563. The summed E-state index contributed by atoms with van der Waals surface area (Å²) in [4.78, 5) is 12.7. The molecule has 1 amide bonds. The van der Waals surface area contributed by atoms with Crippen molar-refractivity contribution < 1.29 is 9.53 Å². The number of benzene rings is 1. The highest BCUT2D eigenvalue weighted by Gasteiger charge is 2.22. The fourth-order valence-corrected chi connectivity index (χ4v) is 3.99. The maximum absolute atomic E-state index is 12.7. The van der Waals surface area contributed by atoms with Gasteiger partial charge in [-0.2, -0.15) is 5.10 Å². The first kappa shape index (κ1) is 21.5. The summed E-state index contributed by atoms with van der Waals surface area (Å²) >= 11 is 1.31. The van der Waals surface area contributed by atoms with E-state index in [1.54, 1.807) is 9.36 Å². The van der Waals surface area contributed by atoms with E-state index >= 15 is 0 Å². The fraction of sp³-hybridized carbons (Fsp3) is 0.476. The zero-order valence-electron chi connectivity index (χ0n) is 18.0. The van der Waals surface area contributed by atoms with Crippen molar-refractivity contribution in [3.8, 4) is 5.69 Å². The fourth-order valence-electron chi connectivity index (χ4n) is 3.31. The van der Waals surface area contributed by atoms with Crippen LogP contribution in [0.4, 0.5) is 5.82 Å². The Morgan fingerprint density at radius 2 is 2.10 bits per heavy atom. The molecule has 1 saturated heterocycles. The predicted octanol–water partition coefficient (Wildman–Crippen LogP) is 3.07. The van der Waals surface area contributed by atoms with E-state index in [2.05, 4.69) is 41.6 Å². The number of carbonyl (C=O) groups is 1. The van der Waals surface area contributed by atoms with Gasteiger partial charge in [0.1, 0.15) is 5.82 Å². The molecule has 0 bridgehead atoms. The van der Waals surface area contributed by atoms with Gasteiger partial charge in [-0.1, -0.05) is 50.7 Å². The van der Waals surface area contributed by atoms with Crippen LogP contribution >= 0.6 is 11.8 Å². The Balaban J connectivity index is 1.44. The lowest BCUT2D eigenvalue weighted by atomic mass is 9.92. The summed E-state index contributed by atoms with van der Waals surface area (Å²) in [5, 5.41) is 20.2. The third kappa shape index (κ3) is 5.31. The van der Waals surface area contributed by atoms with Crippen molar-refractivity contribution in [2.75, 3.05) is 17.7 Å². The lowest BCUT2D eigenvalue weighted by Gasteiger charge is -2.14. The first-order chi connectivity index (χ1) is 14.9. The van der Waals surface area contributed by atoms with Gasteiger partial charge in [0.05, 0.1) is 29.8 Å². The van der Waals surface area contributed by atoms with Crippen LogP contribution < -0.4 is 5.32 Å². The first-order valence-corrected chi connectivity index (χ1v) is 11.3. The van der Waals surface area contributed by atoms with E-state index in [9.17, 15) is 4.79 Å². The van der Waals surface area contributed by atoms with E-state index < -0.39 is 0 Å². The first-order valence-electron chi connectivity index (χ1n) is 10.4. The largest absolute Gasteiger partial charge is 0.376 e. The molecule has 0 spiro atoms. The Labute approximate surface area is 185 Å². The van der Waals surface area contributed by atoms with Crippen LogP contribution in [0.1, 0.15) is 39.3 Å². The van der Waals surface area contributed by atoms with Crippen LogP contribution in [0, 0.1) is 0 Å². The Morgan fingerprint density at radius 1 is 1.29 bits per heavy atom. The number of nitrogens with zero attached hydrogens (tertiary/aromatic N) is 6. The molecule has 1 aliphatic heterocycles. The van der Waals surface area contributed by atoms with Crippen molar-refractivity contribution in [2.45, 2.75) is 56.8 Å². The number of aromatic nitrogens is 6. The zero-order chi connectivity index (χ0) is 21.8. The van der Waals surface area contributed by atoms with E-state index in [1.165, 1.54) is 11.8 Å². The predicted molar refractivity (Wildman–Crippen MR) is 118 cm³/mol. The molecule has 164 valence electrons. The maximum atomic E-state index is 12.7. The lowest BCUT2D eigenvalue weighted by Crippen LogP contribution is -2.19. The summed E-state index contributed by atoms with van der Waals surface area (Å²) in [6.45, 7) is 7.68. The molecule has 1 fully saturated rings. The number of rotatable bonds is 7. The van der Waals surface area contributed by atoms with Crippen molar-refractivity contribution in [1.82, 2.24) is 30.0 Å². The van der Waals surface area contributed by atoms with E-state index in [4.69, 9.17) is 9.84 Å². The molecule has 10 heteroatoms. The van der Waals surface area contributed by atoms with Crippen molar-refractivity contribution in [3.63, 3.8) is 0 Å². The van der Waals surface area contributed by atoms with Gasteiger partial charge in [-0.25, -0.2) is 9.36 Å². The lowest BCUT2D eigenvalue weighted by molar-refractivity contribution is -0.113. The number of tetrazole rings is 1. The van der Waals surface area contributed by atoms with Gasteiger partial charge in [0.15, 0.2) is 0 Å². The second kappa shape index (κ2) is 9.19. The Bertz CT molecular complexity index is 1020. The van der Waals surface area contributed by atoms with E-state index in [0.717, 1.165) is 30.8 Å². The van der Waals surface area contributed by atoms with Gasteiger partial charge in [-0.3, -0.25) is 4.79 Å². The van der Waals surface area contributed by atoms with Gasteiger partial charge in [-0.05, 0) is 35.4 Å². The van der Waals surface area contributed by atoms with Crippen LogP contribution in [0.15, 0.2) is 41.6 Å². The molecule has 1 aliphatic rings. The summed E-state index contributed by atoms with van der Waals surface area (Å²) < 4.78 is 9.13. The van der Waals surface area contributed by atoms with E-state index in [1.807, 2.05) is 36.4 Å². The number of anilines is 1. The number of hydrogen-bond acceptors (Lipinski definition) is 7. The molecule has 0 aliphatic carbocycles. The summed E-state index contributed by atoms with van der Waals surface area (Å²) in [6.07, 6.45) is 2.20. The Kier molecular flexibility index (Phi) is 6.38. The summed E-state index contributed by atoms with van der Waals surface area (Å²) in [6, 6.07) is 11.7. The molecule has 1 N–H and O–H groups in total. The number of para-hydroxylation sites is 1. The smallest absolute Gasteiger partial charge is 0.236 e. The number of amides is 1. The molecule has 3 heterocycles. The molecule has 0 saturated carbocycles. The monoisotopic (exact) mass is 441 g/mol. The Morgan fingerprint density at radius 3 is 2.81 bits per heavy atom. The molecule has 31 heavy (non-hydrogen) atoms. The van der Waals surface area contributed by atoms with Gasteiger partial charge in [-0.15, -0.1) is 5.10 Å². The van der Waals surface area contributed by atoms with Gasteiger partial charge in [0.25, 0.3) is 0 Å². The highest BCUT2D eigenvalue weighted by atomic mass is 32.2. The van der Waals surface area contributed by atoms with Gasteiger partial charge in [0, 0.05) is 18.1 Å². The van der Waals surface area contributed by atoms with Crippen molar-refractivity contribution in [1.29, 1.82) is 0 Å². The van der Waals surface area contributed by atoms with Crippen molar-refractivity contribution in [2.24, 2.45) is 0 Å². The Hall–Kier alpha value is -2.72. The minimum atomic E-state index is -0.144. The number of nitrogens with one attached hydrogen (secondary N) is 1. The molecule has 1 atom stereocenters. The topological polar surface area (TPSA) is 99.8 Å². The second-order valence-corrected chi connectivity index (χ2v) is 9.47. The van der Waals surface area contributed by atoms with Crippen molar-refractivity contribution in [3.05, 3.63) is 42.1 Å². The van der Waals surface area contributed by atoms with Crippen LogP contribution in [0.2, 0.25) is 0 Å². The number of ether oxygens (including phenoxy) is 1. The van der Waals surface area contributed by atoms with Gasteiger partial charge >= 0.3 is 0 Å². The average molecular weight is 442 g/mol. The summed E-state index contributed by atoms with van der Waals surface area (Å²) in [5.41, 5.74) is 1.65. The third-order valence-corrected chi connectivity index (χ3v) is 5.94. The normalized spacial score (nSPS) is 16.5. The van der Waals surface area contributed by atoms with Crippen molar-refractivity contribution >= 4 is 23.5 Å². The summed E-state index contributed by atoms with van der Waals surface area (Å²) in [7, 11) is 0. The van der Waals surface area contributed by atoms with Gasteiger partial charge < -0.3 is 10.1 Å². The van der Waals surface area contributed by atoms with Crippen LogP contribution in [-0.4, -0.2) is 54.4 Å². The molecule has 2 aromatic heterocycles. The summed E-state index contributed by atoms with van der Waals surface area (Å²) in [5.74, 6) is 0.686. The molecular weight excluding hydrogens is 414 g/mol. The van der Waals surface area contributed by atoms with Crippen LogP contribution in [-0.2, 0) is 21.5 Å². The molecule has 1 aromatic carbocycles. The number of thioether (sulfide) groups is 1. The molecule has 3 aromatic rings. The number of carbonyl (C=O) groups excluding carboxylic acids is 1. The highest BCUT2D eigenvalue weighted by Crippen LogP contribution is 2.26. The average Bonchev–Trinajstić information content (AvgIpc) is 3.48. The molecule has 0 radical (unpaired) electrons. The second-order valence-electron chi connectivity index (χ2n) is 8.53. The standard InChI is InChI=1S/C21H27N7O2S/c1-21(2,3)17-12-18(28(24-17)15-8-5-4-6-9-15)22-19(29)14-31-20-23-25-26-27(20)13-16-10-7-11-30-16/h4-6,8-9,12,16H,7,10-11,13-14H2,1-3H3,(H,22,29)/t16-/m0/s1. The minimum absolute atomic E-state index is 0.132. The minimum Gasteiger partial charge on any atom is -0.376 e. The van der Waals surface area contributed by atoms with Crippen LogP contribution in [0.3, 0.4) is 0 Å². The third-order valence-electron chi connectivity index (χ3n) is 4.98. The highest BCUT2D eigenvalue weighted by molar-refractivity contribution is 7.99. The molecule has 0 unspecified atom stereocenters. The SMILES string of the molecule is CC(C)(C)c1cc(NC(=O)CSc2nnnn2C[C@@H]2CCCO2)n(-c2ccccc2)n1. The van der Waals surface area contributed by atoms with E-state index in [0.29, 0.717) is 17.5 Å². The maximum Gasteiger partial charge on any atom is 0.236 e. The zero-order valence-corrected chi connectivity index (χ0v) is 18.8. The molecule has 9 nitrogen and oxygen atoms in total. The molecular formula is C21H27N7O2S. The van der Waals surface area contributed by atoms with E-state index in [-0.39, 0.29) is 23.2 Å². The molecule has 4 rings (SSSR count).